The molecule has 10 heteroatoms. The molecule has 2 atom stereocenters. The van der Waals surface area contributed by atoms with Gasteiger partial charge in [-0.1, -0.05) is 30.3 Å². The highest BCUT2D eigenvalue weighted by molar-refractivity contribution is 7.92. The lowest BCUT2D eigenvalue weighted by Crippen LogP contribution is -2.40. The van der Waals surface area contributed by atoms with Gasteiger partial charge < -0.3 is 14.7 Å². The third-order valence-corrected chi connectivity index (χ3v) is 6.69. The quantitative estimate of drug-likeness (QED) is 0.465. The Hall–Kier alpha value is -3.21. The number of anilines is 1. The molecule has 4 rings (SSSR count). The van der Waals surface area contributed by atoms with Crippen LogP contribution >= 0.6 is 0 Å². The van der Waals surface area contributed by atoms with Gasteiger partial charge in [-0.15, -0.1) is 0 Å². The third kappa shape index (κ3) is 6.27. The number of aromatic nitrogens is 1. The minimum Gasteiger partial charge on any atom is -0.483 e. The Kier molecular flexibility index (Phi) is 7.54. The van der Waals surface area contributed by atoms with Gasteiger partial charge in [-0.2, -0.15) is 0 Å². The van der Waals surface area contributed by atoms with E-state index < -0.39 is 10.0 Å². The zero-order chi connectivity index (χ0) is 25.0. The summed E-state index contributed by atoms with van der Waals surface area (Å²) in [6.07, 6.45) is 3.04. The predicted octanol–water partition coefficient (Wildman–Crippen LogP) is 2.25. The largest absolute Gasteiger partial charge is 0.483 e. The molecule has 0 saturated carbocycles. The van der Waals surface area contributed by atoms with Crippen molar-refractivity contribution in [3.8, 4) is 5.75 Å². The molecule has 1 aliphatic heterocycles. The molecule has 0 bridgehead atoms. The van der Waals surface area contributed by atoms with Crippen molar-refractivity contribution in [2.75, 3.05) is 44.3 Å². The van der Waals surface area contributed by atoms with Crippen molar-refractivity contribution < 1.29 is 23.1 Å². The van der Waals surface area contributed by atoms with Gasteiger partial charge in [-0.3, -0.25) is 19.4 Å². The molecule has 9 nitrogen and oxygen atoms in total. The van der Waals surface area contributed by atoms with Crippen LogP contribution in [-0.4, -0.2) is 79.9 Å². The average molecular weight is 499 g/mol. The van der Waals surface area contributed by atoms with Crippen molar-refractivity contribution in [3.63, 3.8) is 0 Å². The van der Waals surface area contributed by atoms with Gasteiger partial charge in [0.15, 0.2) is 6.61 Å². The first-order valence-electron chi connectivity index (χ1n) is 11.4. The van der Waals surface area contributed by atoms with E-state index >= 15 is 0 Å². The lowest BCUT2D eigenvalue weighted by Gasteiger charge is -2.32. The topological polar surface area (TPSA) is 112 Å². The fraction of sp³-hybridized carbons (Fsp3) is 0.360. The van der Waals surface area contributed by atoms with Gasteiger partial charge in [0.1, 0.15) is 5.75 Å². The maximum atomic E-state index is 13.2. The molecule has 0 radical (unpaired) electrons. The SMILES string of the molecule is CN(C(=O)COc1ccc(NS(C)(=O)=O)c2ncccc12)[C@H](CN1CC[C@H](O)C1)c1ccccc1. The maximum absolute atomic E-state index is 13.2. The van der Waals surface area contributed by atoms with Gasteiger partial charge in [-0.25, -0.2) is 8.42 Å². The first-order chi connectivity index (χ1) is 16.7. The Bertz CT molecular complexity index is 1290. The van der Waals surface area contributed by atoms with Crippen LogP contribution in [0.4, 0.5) is 5.69 Å². The highest BCUT2D eigenvalue weighted by atomic mass is 32.2. The summed E-state index contributed by atoms with van der Waals surface area (Å²) >= 11 is 0. The maximum Gasteiger partial charge on any atom is 0.260 e. The smallest absolute Gasteiger partial charge is 0.260 e. The van der Waals surface area contributed by atoms with Gasteiger partial charge in [0.25, 0.3) is 5.91 Å². The molecule has 0 unspecified atom stereocenters. The number of carbonyl (C=O) groups is 1. The lowest BCUT2D eigenvalue weighted by atomic mass is 10.0. The number of ether oxygens (including phenoxy) is 1. The summed E-state index contributed by atoms with van der Waals surface area (Å²) in [4.78, 5) is 21.3. The number of carbonyl (C=O) groups excluding carboxylic acids is 1. The number of β-amino-alcohol motifs (C(OH)–C–C–N with tert-alkyl or cyclic N) is 1. The molecular weight excluding hydrogens is 468 g/mol. The monoisotopic (exact) mass is 498 g/mol. The van der Waals surface area contributed by atoms with Gasteiger partial charge in [0, 0.05) is 38.3 Å². The Balaban J connectivity index is 1.51. The highest BCUT2D eigenvalue weighted by Crippen LogP contribution is 2.31. The summed E-state index contributed by atoms with van der Waals surface area (Å²) < 4.78 is 31.8. The normalized spacial score (nSPS) is 17.3. The van der Waals surface area contributed by atoms with Crippen molar-refractivity contribution in [1.82, 2.24) is 14.8 Å². The first kappa shape index (κ1) is 24.9. The third-order valence-electron chi connectivity index (χ3n) is 6.10. The molecular formula is C25H30N4O5S. The van der Waals surface area contributed by atoms with E-state index in [-0.39, 0.29) is 24.7 Å². The second-order valence-electron chi connectivity index (χ2n) is 8.81. The fourth-order valence-corrected chi connectivity index (χ4v) is 4.88. The van der Waals surface area contributed by atoms with Gasteiger partial charge in [0.05, 0.1) is 29.6 Å². The number of aliphatic hydroxyl groups excluding tert-OH is 1. The Morgan fingerprint density at radius 3 is 2.69 bits per heavy atom. The number of fused-ring (bicyclic) bond motifs is 1. The number of hydrogen-bond donors (Lipinski definition) is 2. The number of sulfonamides is 1. The minimum atomic E-state index is -3.48. The van der Waals surface area contributed by atoms with Crippen molar-refractivity contribution in [1.29, 1.82) is 0 Å². The fourth-order valence-electron chi connectivity index (χ4n) is 4.32. The highest BCUT2D eigenvalue weighted by Gasteiger charge is 2.28. The van der Waals surface area contributed by atoms with Crippen LogP contribution in [0.3, 0.4) is 0 Å². The van der Waals surface area contributed by atoms with Crippen LogP contribution in [0.2, 0.25) is 0 Å². The molecule has 3 aromatic rings. The summed E-state index contributed by atoms with van der Waals surface area (Å²) in [6.45, 7) is 1.80. The summed E-state index contributed by atoms with van der Waals surface area (Å²) in [5.74, 6) is 0.238. The van der Waals surface area contributed by atoms with E-state index in [2.05, 4.69) is 14.6 Å². The van der Waals surface area contributed by atoms with Crippen molar-refractivity contribution in [3.05, 3.63) is 66.4 Å². The van der Waals surface area contributed by atoms with Crippen LogP contribution in [-0.2, 0) is 14.8 Å². The number of nitrogens with one attached hydrogen (secondary N) is 1. The molecule has 2 aromatic carbocycles. The minimum absolute atomic E-state index is 0.189. The Morgan fingerprint density at radius 2 is 2.00 bits per heavy atom. The van der Waals surface area contributed by atoms with Crippen molar-refractivity contribution >= 4 is 32.5 Å². The number of likely N-dealkylation sites (N-methyl/N-ethyl adjacent to an activating group) is 1. The number of rotatable bonds is 9. The van der Waals surface area contributed by atoms with E-state index in [4.69, 9.17) is 4.74 Å². The van der Waals surface area contributed by atoms with Gasteiger partial charge in [0.2, 0.25) is 10.0 Å². The molecule has 35 heavy (non-hydrogen) atoms. The van der Waals surface area contributed by atoms with E-state index in [1.54, 1.807) is 42.4 Å². The number of aliphatic hydroxyl groups is 1. The Labute approximate surface area is 205 Å². The molecule has 2 N–H and O–H groups in total. The Morgan fingerprint density at radius 1 is 1.23 bits per heavy atom. The zero-order valence-electron chi connectivity index (χ0n) is 19.8. The number of nitrogens with zero attached hydrogens (tertiary/aromatic N) is 3. The molecule has 1 amide bonds. The zero-order valence-corrected chi connectivity index (χ0v) is 20.6. The van der Waals surface area contributed by atoms with E-state index in [9.17, 15) is 18.3 Å². The summed E-state index contributed by atoms with van der Waals surface area (Å²) in [5.41, 5.74) is 1.79. The van der Waals surface area contributed by atoms with Crippen molar-refractivity contribution in [2.24, 2.45) is 0 Å². The molecule has 0 aliphatic carbocycles. The van der Waals surface area contributed by atoms with Crippen LogP contribution in [0.1, 0.15) is 18.0 Å². The number of benzene rings is 2. The van der Waals surface area contributed by atoms with Crippen LogP contribution in [0.25, 0.3) is 10.9 Å². The first-order valence-corrected chi connectivity index (χ1v) is 13.3. The molecule has 1 aliphatic rings. The van der Waals surface area contributed by atoms with E-state index in [1.807, 2.05) is 30.3 Å². The summed E-state index contributed by atoms with van der Waals surface area (Å²) in [7, 11) is -1.72. The lowest BCUT2D eigenvalue weighted by molar-refractivity contribution is -0.134. The number of likely N-dealkylation sites (tertiary alicyclic amines) is 1. The summed E-state index contributed by atoms with van der Waals surface area (Å²) in [5, 5.41) is 10.5. The van der Waals surface area contributed by atoms with Gasteiger partial charge >= 0.3 is 0 Å². The number of hydrogen-bond acceptors (Lipinski definition) is 7. The molecule has 1 aromatic heterocycles. The van der Waals surface area contributed by atoms with E-state index in [0.29, 0.717) is 35.4 Å². The molecule has 2 heterocycles. The molecule has 186 valence electrons. The van der Waals surface area contributed by atoms with E-state index in [1.165, 1.54) is 0 Å². The van der Waals surface area contributed by atoms with Crippen LogP contribution < -0.4 is 9.46 Å². The van der Waals surface area contributed by atoms with Crippen LogP contribution in [0.5, 0.6) is 5.75 Å². The van der Waals surface area contributed by atoms with Gasteiger partial charge in [-0.05, 0) is 36.2 Å². The second kappa shape index (κ2) is 10.6. The average Bonchev–Trinajstić information content (AvgIpc) is 3.25. The van der Waals surface area contributed by atoms with E-state index in [0.717, 1.165) is 24.8 Å². The molecule has 1 fully saturated rings. The molecule has 0 spiro atoms. The predicted molar refractivity (Wildman–Crippen MR) is 135 cm³/mol. The number of pyridine rings is 1. The second-order valence-corrected chi connectivity index (χ2v) is 10.6. The van der Waals surface area contributed by atoms with Crippen molar-refractivity contribution in [2.45, 2.75) is 18.6 Å². The summed E-state index contributed by atoms with van der Waals surface area (Å²) in [6, 6.07) is 16.3. The number of amides is 1. The van der Waals surface area contributed by atoms with Crippen LogP contribution in [0, 0.1) is 0 Å². The standard InChI is InChI=1S/C25H30N4O5S/c1-28(22(18-7-4-3-5-8-18)16-29-14-12-19(30)15-29)24(31)17-34-23-11-10-21(27-35(2,32)33)25-20(23)9-6-13-26-25/h3-11,13,19,22,27,30H,12,14-17H2,1-2H3/t19-,22+/m0/s1. The molecule has 1 saturated heterocycles. The van der Waals surface area contributed by atoms with Crippen LogP contribution in [0.15, 0.2) is 60.8 Å².